The van der Waals surface area contributed by atoms with Crippen LogP contribution in [0, 0.1) is 16.0 Å². The maximum absolute atomic E-state index is 10.7. The third kappa shape index (κ3) is 4.18. The molecule has 1 aliphatic carbocycles. The third-order valence-corrected chi connectivity index (χ3v) is 3.94. The molecule has 1 saturated carbocycles. The molecule has 0 amide bonds. The predicted octanol–water partition coefficient (Wildman–Crippen LogP) is 4.35. The van der Waals surface area contributed by atoms with Crippen molar-refractivity contribution in [1.82, 2.24) is 0 Å². The fourth-order valence-corrected chi connectivity index (χ4v) is 2.65. The Hall–Kier alpha value is -1.13. The molecule has 0 unspecified atom stereocenters. The zero-order chi connectivity index (χ0) is 13.7. The van der Waals surface area contributed by atoms with Crippen LogP contribution < -0.4 is 0 Å². The number of hydrogen-bond donors (Lipinski definition) is 0. The summed E-state index contributed by atoms with van der Waals surface area (Å²) in [5.41, 5.74) is 0.743. The van der Waals surface area contributed by atoms with E-state index in [1.807, 2.05) is 0 Å². The van der Waals surface area contributed by atoms with Crippen molar-refractivity contribution >= 4 is 17.3 Å². The highest BCUT2D eigenvalue weighted by atomic mass is 35.5. The van der Waals surface area contributed by atoms with Gasteiger partial charge in [0.2, 0.25) is 0 Å². The summed E-state index contributed by atoms with van der Waals surface area (Å²) >= 11 is 6.02. The molecule has 19 heavy (non-hydrogen) atoms. The van der Waals surface area contributed by atoms with Gasteiger partial charge in [-0.15, -0.1) is 0 Å². The molecule has 0 radical (unpaired) electrons. The summed E-state index contributed by atoms with van der Waals surface area (Å²) < 4.78 is 5.67. The summed E-state index contributed by atoms with van der Waals surface area (Å²) in [7, 11) is 0. The Morgan fingerprint density at radius 3 is 2.74 bits per heavy atom. The summed E-state index contributed by atoms with van der Waals surface area (Å²) in [6, 6.07) is 4.45. The second kappa shape index (κ2) is 6.87. The molecular formula is C14H18ClNO3. The van der Waals surface area contributed by atoms with Crippen molar-refractivity contribution in [2.24, 2.45) is 5.92 Å². The summed E-state index contributed by atoms with van der Waals surface area (Å²) in [4.78, 5) is 10.3. The molecule has 1 aliphatic rings. The first-order valence-corrected chi connectivity index (χ1v) is 7.05. The Morgan fingerprint density at radius 1 is 1.32 bits per heavy atom. The average Bonchev–Trinajstić information content (AvgIpc) is 2.42. The number of nitro benzene ring substituents is 1. The molecule has 2 rings (SSSR count). The lowest BCUT2D eigenvalue weighted by atomic mass is 9.90. The first-order chi connectivity index (χ1) is 9.16. The van der Waals surface area contributed by atoms with Crippen molar-refractivity contribution in [2.45, 2.75) is 38.7 Å². The summed E-state index contributed by atoms with van der Waals surface area (Å²) in [6.45, 7) is 1.07. The predicted molar refractivity (Wildman–Crippen MR) is 74.3 cm³/mol. The van der Waals surface area contributed by atoms with Crippen LogP contribution in [0.2, 0.25) is 5.02 Å². The van der Waals surface area contributed by atoms with Crippen LogP contribution in [0.1, 0.15) is 37.7 Å². The Bertz CT molecular complexity index is 444. The summed E-state index contributed by atoms with van der Waals surface area (Å²) in [6.07, 6.45) is 6.34. The van der Waals surface area contributed by atoms with Gasteiger partial charge in [-0.2, -0.15) is 0 Å². The van der Waals surface area contributed by atoms with E-state index in [9.17, 15) is 10.1 Å². The van der Waals surface area contributed by atoms with E-state index >= 15 is 0 Å². The van der Waals surface area contributed by atoms with Crippen LogP contribution in [0.3, 0.4) is 0 Å². The van der Waals surface area contributed by atoms with Crippen LogP contribution in [0.5, 0.6) is 0 Å². The van der Waals surface area contributed by atoms with Crippen molar-refractivity contribution in [2.75, 3.05) is 6.61 Å². The first kappa shape index (κ1) is 14.3. The van der Waals surface area contributed by atoms with Crippen LogP contribution in [0.4, 0.5) is 5.69 Å². The molecule has 5 heteroatoms. The van der Waals surface area contributed by atoms with Gasteiger partial charge in [0.15, 0.2) is 0 Å². The van der Waals surface area contributed by atoms with Crippen molar-refractivity contribution in [1.29, 1.82) is 0 Å². The van der Waals surface area contributed by atoms with E-state index in [1.54, 1.807) is 6.07 Å². The van der Waals surface area contributed by atoms with Gasteiger partial charge in [-0.05, 0) is 24.8 Å². The average molecular weight is 284 g/mol. The molecule has 0 N–H and O–H groups in total. The minimum Gasteiger partial charge on any atom is -0.376 e. The van der Waals surface area contributed by atoms with E-state index < -0.39 is 4.92 Å². The van der Waals surface area contributed by atoms with Gasteiger partial charge in [0, 0.05) is 29.3 Å². The van der Waals surface area contributed by atoms with Gasteiger partial charge >= 0.3 is 0 Å². The van der Waals surface area contributed by atoms with Crippen molar-refractivity contribution < 1.29 is 9.66 Å². The van der Waals surface area contributed by atoms with Gasteiger partial charge < -0.3 is 4.74 Å². The molecule has 0 aromatic heterocycles. The number of nitrogens with zero attached hydrogens (tertiary/aromatic N) is 1. The smallest absolute Gasteiger partial charge is 0.269 e. The Balaban J connectivity index is 1.87. The molecular weight excluding hydrogens is 266 g/mol. The zero-order valence-corrected chi connectivity index (χ0v) is 11.6. The van der Waals surface area contributed by atoms with Crippen molar-refractivity contribution in [3.05, 3.63) is 38.9 Å². The molecule has 0 aliphatic heterocycles. The van der Waals surface area contributed by atoms with Gasteiger partial charge in [0.05, 0.1) is 11.5 Å². The standard InChI is InChI=1S/C14H18ClNO3/c15-14-7-6-13(16(17)18)8-12(14)10-19-9-11-4-2-1-3-5-11/h6-8,11H,1-5,9-10H2. The number of benzene rings is 1. The largest absolute Gasteiger partial charge is 0.376 e. The molecule has 0 atom stereocenters. The normalized spacial score (nSPS) is 16.5. The molecule has 4 nitrogen and oxygen atoms in total. The highest BCUT2D eigenvalue weighted by Crippen LogP contribution is 2.26. The Morgan fingerprint density at radius 2 is 2.05 bits per heavy atom. The lowest BCUT2D eigenvalue weighted by Crippen LogP contribution is -2.13. The second-order valence-corrected chi connectivity index (χ2v) is 5.46. The van der Waals surface area contributed by atoms with Crippen LogP contribution in [-0.2, 0) is 11.3 Å². The lowest BCUT2D eigenvalue weighted by molar-refractivity contribution is -0.384. The topological polar surface area (TPSA) is 52.4 Å². The zero-order valence-electron chi connectivity index (χ0n) is 10.8. The molecule has 0 saturated heterocycles. The highest BCUT2D eigenvalue weighted by molar-refractivity contribution is 6.31. The molecule has 1 fully saturated rings. The highest BCUT2D eigenvalue weighted by Gasteiger charge is 2.14. The minimum atomic E-state index is -0.416. The SMILES string of the molecule is O=[N+]([O-])c1ccc(Cl)c(COCC2CCCCC2)c1. The summed E-state index contributed by atoms with van der Waals surface area (Å²) in [5, 5.41) is 11.2. The van der Waals surface area contributed by atoms with Gasteiger partial charge in [-0.1, -0.05) is 30.9 Å². The first-order valence-electron chi connectivity index (χ1n) is 6.67. The van der Waals surface area contributed by atoms with Gasteiger partial charge in [0.1, 0.15) is 0 Å². The van der Waals surface area contributed by atoms with E-state index in [2.05, 4.69) is 0 Å². The van der Waals surface area contributed by atoms with Crippen molar-refractivity contribution in [3.63, 3.8) is 0 Å². The van der Waals surface area contributed by atoms with Crippen molar-refractivity contribution in [3.8, 4) is 0 Å². The Labute approximate surface area is 117 Å². The van der Waals surface area contributed by atoms with E-state index in [1.165, 1.54) is 44.2 Å². The van der Waals surface area contributed by atoms with Crippen LogP contribution in [0.25, 0.3) is 0 Å². The third-order valence-electron chi connectivity index (χ3n) is 3.58. The Kier molecular flexibility index (Phi) is 5.16. The van der Waals surface area contributed by atoms with E-state index in [0.717, 1.165) is 6.61 Å². The molecule has 104 valence electrons. The maximum atomic E-state index is 10.7. The molecule has 0 heterocycles. The number of rotatable bonds is 5. The quantitative estimate of drug-likeness (QED) is 0.596. The van der Waals surface area contributed by atoms with Crippen LogP contribution in [0.15, 0.2) is 18.2 Å². The number of nitro groups is 1. The molecule has 0 spiro atoms. The molecule has 1 aromatic rings. The van der Waals surface area contributed by atoms with Crippen LogP contribution in [-0.4, -0.2) is 11.5 Å². The number of ether oxygens (including phenoxy) is 1. The lowest BCUT2D eigenvalue weighted by Gasteiger charge is -2.21. The van der Waals surface area contributed by atoms with E-state index in [-0.39, 0.29) is 5.69 Å². The van der Waals surface area contributed by atoms with E-state index in [0.29, 0.717) is 23.1 Å². The molecule has 1 aromatic carbocycles. The van der Waals surface area contributed by atoms with E-state index in [4.69, 9.17) is 16.3 Å². The number of hydrogen-bond acceptors (Lipinski definition) is 3. The number of non-ortho nitro benzene ring substituents is 1. The fourth-order valence-electron chi connectivity index (χ4n) is 2.47. The minimum absolute atomic E-state index is 0.0562. The maximum Gasteiger partial charge on any atom is 0.269 e. The van der Waals surface area contributed by atoms with Gasteiger partial charge in [0.25, 0.3) is 5.69 Å². The second-order valence-electron chi connectivity index (χ2n) is 5.05. The molecule has 0 bridgehead atoms. The van der Waals surface area contributed by atoms with Crippen LogP contribution >= 0.6 is 11.6 Å². The fraction of sp³-hybridized carbons (Fsp3) is 0.571. The van der Waals surface area contributed by atoms with Gasteiger partial charge in [-0.3, -0.25) is 10.1 Å². The number of halogens is 1. The van der Waals surface area contributed by atoms with Gasteiger partial charge in [-0.25, -0.2) is 0 Å². The summed E-state index contributed by atoms with van der Waals surface area (Å²) in [5.74, 6) is 0.631. The monoisotopic (exact) mass is 283 g/mol.